The smallest absolute Gasteiger partial charge is 0.222 e. The second-order valence-corrected chi connectivity index (χ2v) is 4.92. The van der Waals surface area contributed by atoms with E-state index in [0.717, 1.165) is 39.2 Å². The van der Waals surface area contributed by atoms with Crippen LogP contribution >= 0.6 is 0 Å². The largest absolute Gasteiger partial charge is 0.380 e. The molecule has 18 heavy (non-hydrogen) atoms. The number of carbonyl (C=O) groups is 1. The zero-order valence-corrected chi connectivity index (χ0v) is 11.9. The molecule has 0 radical (unpaired) electrons. The van der Waals surface area contributed by atoms with Crippen molar-refractivity contribution in [3.63, 3.8) is 0 Å². The third-order valence-electron chi connectivity index (χ3n) is 3.61. The summed E-state index contributed by atoms with van der Waals surface area (Å²) in [5, 5.41) is 3.40. The van der Waals surface area contributed by atoms with Gasteiger partial charge in [-0.1, -0.05) is 0 Å². The maximum atomic E-state index is 12.1. The van der Waals surface area contributed by atoms with Crippen molar-refractivity contribution in [1.29, 1.82) is 0 Å². The lowest BCUT2D eigenvalue weighted by atomic mass is 9.94. The maximum absolute atomic E-state index is 12.1. The molecule has 1 saturated heterocycles. The van der Waals surface area contributed by atoms with E-state index in [1.807, 2.05) is 18.7 Å². The van der Waals surface area contributed by atoms with E-state index in [1.165, 1.54) is 12.8 Å². The Morgan fingerprint density at radius 2 is 2.28 bits per heavy atom. The normalized spacial score (nSPS) is 19.8. The van der Waals surface area contributed by atoms with E-state index >= 15 is 0 Å². The van der Waals surface area contributed by atoms with Crippen LogP contribution in [0, 0.1) is 5.92 Å². The van der Waals surface area contributed by atoms with Gasteiger partial charge in [0.2, 0.25) is 5.91 Å². The average Bonchev–Trinajstić information content (AvgIpc) is 2.42. The third kappa shape index (κ3) is 5.83. The molecule has 1 fully saturated rings. The molecule has 0 aliphatic carbocycles. The number of hydrogen-bond acceptors (Lipinski definition) is 3. The van der Waals surface area contributed by atoms with Gasteiger partial charge in [-0.05, 0) is 52.1 Å². The summed E-state index contributed by atoms with van der Waals surface area (Å²) in [6, 6.07) is 0. The molecule has 0 aromatic carbocycles. The fourth-order valence-corrected chi connectivity index (χ4v) is 2.43. The maximum Gasteiger partial charge on any atom is 0.222 e. The fourth-order valence-electron chi connectivity index (χ4n) is 2.43. The highest BCUT2D eigenvalue weighted by molar-refractivity contribution is 5.76. The number of hydrogen-bond donors (Lipinski definition) is 1. The summed E-state index contributed by atoms with van der Waals surface area (Å²) in [6.07, 6.45) is 4.23. The molecule has 1 aliphatic heterocycles. The van der Waals surface area contributed by atoms with E-state index in [1.54, 1.807) is 0 Å². The lowest BCUT2D eigenvalue weighted by Crippen LogP contribution is -2.35. The van der Waals surface area contributed by atoms with E-state index in [-0.39, 0.29) is 5.91 Å². The molecule has 1 unspecified atom stereocenters. The number of nitrogens with one attached hydrogen (secondary N) is 1. The van der Waals surface area contributed by atoms with Crippen LogP contribution in [0.5, 0.6) is 0 Å². The first-order chi connectivity index (χ1) is 8.77. The summed E-state index contributed by atoms with van der Waals surface area (Å²) in [7, 11) is 0. The minimum absolute atomic E-state index is 0.280. The monoisotopic (exact) mass is 256 g/mol. The molecule has 0 aromatic rings. The lowest BCUT2D eigenvalue weighted by Gasteiger charge is -2.25. The van der Waals surface area contributed by atoms with Crippen LogP contribution in [0.1, 0.15) is 39.5 Å². The Hall–Kier alpha value is -0.610. The molecule has 1 N–H and O–H groups in total. The summed E-state index contributed by atoms with van der Waals surface area (Å²) < 4.78 is 5.31. The van der Waals surface area contributed by atoms with Crippen molar-refractivity contribution in [1.82, 2.24) is 10.2 Å². The van der Waals surface area contributed by atoms with Crippen molar-refractivity contribution in [2.45, 2.75) is 39.5 Å². The number of rotatable bonds is 8. The second-order valence-electron chi connectivity index (χ2n) is 4.92. The van der Waals surface area contributed by atoms with E-state index in [9.17, 15) is 4.79 Å². The summed E-state index contributed by atoms with van der Waals surface area (Å²) >= 11 is 0. The topological polar surface area (TPSA) is 41.6 Å². The van der Waals surface area contributed by atoms with Gasteiger partial charge < -0.3 is 15.0 Å². The van der Waals surface area contributed by atoms with Crippen LogP contribution in [-0.4, -0.2) is 50.2 Å². The first-order valence-electron chi connectivity index (χ1n) is 7.34. The minimum Gasteiger partial charge on any atom is -0.380 e. The van der Waals surface area contributed by atoms with Crippen molar-refractivity contribution >= 4 is 5.91 Å². The first-order valence-corrected chi connectivity index (χ1v) is 7.34. The Bertz CT molecular complexity index is 228. The molecule has 4 heteroatoms. The Morgan fingerprint density at radius 1 is 1.44 bits per heavy atom. The van der Waals surface area contributed by atoms with Crippen LogP contribution < -0.4 is 5.32 Å². The highest BCUT2D eigenvalue weighted by atomic mass is 16.5. The second kappa shape index (κ2) is 9.34. The van der Waals surface area contributed by atoms with Crippen molar-refractivity contribution in [3.8, 4) is 0 Å². The van der Waals surface area contributed by atoms with Gasteiger partial charge >= 0.3 is 0 Å². The Kier molecular flexibility index (Phi) is 8.01. The van der Waals surface area contributed by atoms with Gasteiger partial charge in [0.05, 0.1) is 6.61 Å². The zero-order chi connectivity index (χ0) is 13.2. The molecule has 0 bridgehead atoms. The number of carbonyl (C=O) groups excluding carboxylic acids is 1. The van der Waals surface area contributed by atoms with Crippen LogP contribution in [0.25, 0.3) is 0 Å². The van der Waals surface area contributed by atoms with Gasteiger partial charge in [0, 0.05) is 26.1 Å². The van der Waals surface area contributed by atoms with Crippen molar-refractivity contribution in [3.05, 3.63) is 0 Å². The quantitative estimate of drug-likeness (QED) is 0.671. The molecular weight excluding hydrogens is 228 g/mol. The molecule has 1 rings (SSSR count). The van der Waals surface area contributed by atoms with Gasteiger partial charge in [0.1, 0.15) is 0 Å². The predicted octanol–water partition coefficient (Wildman–Crippen LogP) is 1.65. The molecule has 1 amide bonds. The summed E-state index contributed by atoms with van der Waals surface area (Å²) in [6.45, 7) is 9.12. The molecule has 4 nitrogen and oxygen atoms in total. The molecular formula is C14H28N2O2. The lowest BCUT2D eigenvalue weighted by molar-refractivity contribution is -0.132. The van der Waals surface area contributed by atoms with E-state index in [2.05, 4.69) is 5.32 Å². The first kappa shape index (κ1) is 15.4. The highest BCUT2D eigenvalue weighted by Crippen LogP contribution is 2.16. The SMILES string of the molecule is CCOCCN(CC)C(=O)CCC1CCCNC1. The predicted molar refractivity (Wildman–Crippen MR) is 73.6 cm³/mol. The van der Waals surface area contributed by atoms with Crippen molar-refractivity contribution in [2.75, 3.05) is 39.4 Å². The van der Waals surface area contributed by atoms with Gasteiger partial charge in [0.15, 0.2) is 0 Å². The highest BCUT2D eigenvalue weighted by Gasteiger charge is 2.17. The standard InChI is InChI=1S/C14H28N2O2/c1-3-16(10-11-18-4-2)14(17)8-7-13-6-5-9-15-12-13/h13,15H,3-12H2,1-2H3. The zero-order valence-electron chi connectivity index (χ0n) is 11.9. The van der Waals surface area contributed by atoms with Gasteiger partial charge in [-0.15, -0.1) is 0 Å². The number of piperidine rings is 1. The van der Waals surface area contributed by atoms with Gasteiger partial charge in [-0.3, -0.25) is 4.79 Å². The number of likely N-dealkylation sites (N-methyl/N-ethyl adjacent to an activating group) is 1. The Labute approximate surface area is 111 Å². The van der Waals surface area contributed by atoms with E-state index in [4.69, 9.17) is 4.74 Å². The van der Waals surface area contributed by atoms with Crippen LogP contribution in [-0.2, 0) is 9.53 Å². The number of amides is 1. The molecule has 106 valence electrons. The molecule has 1 heterocycles. The Balaban J connectivity index is 2.19. The third-order valence-corrected chi connectivity index (χ3v) is 3.61. The van der Waals surface area contributed by atoms with Crippen LogP contribution in [0.3, 0.4) is 0 Å². The molecule has 0 spiro atoms. The van der Waals surface area contributed by atoms with Crippen molar-refractivity contribution in [2.24, 2.45) is 5.92 Å². The minimum atomic E-state index is 0.280. The average molecular weight is 256 g/mol. The summed E-state index contributed by atoms with van der Waals surface area (Å²) in [4.78, 5) is 14.0. The van der Waals surface area contributed by atoms with Crippen LogP contribution in [0.15, 0.2) is 0 Å². The number of ether oxygens (including phenoxy) is 1. The molecule has 1 aliphatic rings. The molecule has 1 atom stereocenters. The van der Waals surface area contributed by atoms with Gasteiger partial charge in [0.25, 0.3) is 0 Å². The van der Waals surface area contributed by atoms with Crippen LogP contribution in [0.2, 0.25) is 0 Å². The fraction of sp³-hybridized carbons (Fsp3) is 0.929. The van der Waals surface area contributed by atoms with Crippen LogP contribution in [0.4, 0.5) is 0 Å². The summed E-state index contributed by atoms with van der Waals surface area (Å²) in [5.41, 5.74) is 0. The van der Waals surface area contributed by atoms with Gasteiger partial charge in [-0.25, -0.2) is 0 Å². The molecule has 0 aromatic heterocycles. The Morgan fingerprint density at radius 3 is 2.89 bits per heavy atom. The molecule has 0 saturated carbocycles. The summed E-state index contributed by atoms with van der Waals surface area (Å²) in [5.74, 6) is 0.969. The van der Waals surface area contributed by atoms with E-state index < -0.39 is 0 Å². The van der Waals surface area contributed by atoms with Crippen molar-refractivity contribution < 1.29 is 9.53 Å². The number of nitrogens with zero attached hydrogens (tertiary/aromatic N) is 1. The van der Waals surface area contributed by atoms with E-state index in [0.29, 0.717) is 18.9 Å². The van der Waals surface area contributed by atoms with Gasteiger partial charge in [-0.2, -0.15) is 0 Å².